The molecule has 0 atom stereocenters. The summed E-state index contributed by atoms with van der Waals surface area (Å²) in [6, 6.07) is 7.03. The topological polar surface area (TPSA) is 168 Å². The van der Waals surface area contributed by atoms with Gasteiger partial charge in [-0.3, -0.25) is 19.1 Å². The van der Waals surface area contributed by atoms with Gasteiger partial charge in [0.15, 0.2) is 11.5 Å². The first kappa shape index (κ1) is 26.1. The van der Waals surface area contributed by atoms with Crippen LogP contribution in [0.25, 0.3) is 11.2 Å². The summed E-state index contributed by atoms with van der Waals surface area (Å²) in [4.78, 5) is 49.5. The maximum absolute atomic E-state index is 12.6. The molecule has 1 aliphatic heterocycles. The van der Waals surface area contributed by atoms with Gasteiger partial charge in [0, 0.05) is 12.2 Å². The minimum Gasteiger partial charge on any atom is -0.481 e. The Kier molecular flexibility index (Phi) is 8.39. The van der Waals surface area contributed by atoms with Gasteiger partial charge in [-0.25, -0.2) is 4.79 Å². The van der Waals surface area contributed by atoms with Gasteiger partial charge in [-0.2, -0.15) is 9.97 Å². The number of amides is 1. The van der Waals surface area contributed by atoms with Crippen LogP contribution in [0.2, 0.25) is 0 Å². The Morgan fingerprint density at radius 1 is 1.27 bits per heavy atom. The Morgan fingerprint density at radius 2 is 2.05 bits per heavy atom. The summed E-state index contributed by atoms with van der Waals surface area (Å²) < 4.78 is 7.20. The average Bonchev–Trinajstić information content (AvgIpc) is 3.16. The second-order valence-electron chi connectivity index (χ2n) is 9.37. The zero-order chi connectivity index (χ0) is 26.4. The van der Waals surface area contributed by atoms with Crippen LogP contribution in [0.1, 0.15) is 38.2 Å². The molecule has 5 N–H and O–H groups in total. The number of carboxylic acids is 1. The third-order valence-corrected chi connectivity index (χ3v) is 6.44. The monoisotopic (exact) mass is 511 g/mol. The predicted molar refractivity (Wildman–Crippen MR) is 139 cm³/mol. The first-order chi connectivity index (χ1) is 17.8. The van der Waals surface area contributed by atoms with E-state index >= 15 is 0 Å². The van der Waals surface area contributed by atoms with E-state index < -0.39 is 5.97 Å². The Bertz CT molecular complexity index is 1310. The second-order valence-corrected chi connectivity index (χ2v) is 9.37. The molecule has 2 aromatic heterocycles. The lowest BCUT2D eigenvalue weighted by molar-refractivity contribution is -0.136. The van der Waals surface area contributed by atoms with E-state index in [4.69, 9.17) is 15.6 Å². The number of aromatic nitrogens is 4. The molecule has 0 radical (unpaired) electrons. The van der Waals surface area contributed by atoms with Crippen LogP contribution < -0.4 is 21.5 Å². The van der Waals surface area contributed by atoms with E-state index in [1.54, 1.807) is 28.8 Å². The van der Waals surface area contributed by atoms with E-state index in [1.165, 1.54) is 0 Å². The van der Waals surface area contributed by atoms with Crippen molar-refractivity contribution in [2.75, 3.05) is 37.3 Å². The smallest absolute Gasteiger partial charge is 0.327 e. The zero-order valence-electron chi connectivity index (χ0n) is 20.9. The number of likely N-dealkylation sites (tertiary alicyclic amines) is 1. The van der Waals surface area contributed by atoms with Gasteiger partial charge in [-0.05, 0) is 56.0 Å². The van der Waals surface area contributed by atoms with Crippen LogP contribution in [-0.2, 0) is 22.6 Å². The first-order valence-corrected chi connectivity index (χ1v) is 12.5. The number of nitrogens with one attached hydrogen (secondary N) is 2. The van der Waals surface area contributed by atoms with E-state index in [0.29, 0.717) is 35.6 Å². The molecule has 0 bridgehead atoms. The molecule has 0 spiro atoms. The van der Waals surface area contributed by atoms with Crippen LogP contribution in [0.5, 0.6) is 6.01 Å². The van der Waals surface area contributed by atoms with Crippen molar-refractivity contribution < 1.29 is 19.4 Å². The molecule has 12 nitrogen and oxygen atoms in total. The van der Waals surface area contributed by atoms with Crippen LogP contribution in [-0.4, -0.2) is 67.6 Å². The van der Waals surface area contributed by atoms with Crippen LogP contribution in [0, 0.1) is 5.92 Å². The minimum atomic E-state index is -0.919. The Hall–Kier alpha value is -3.93. The van der Waals surface area contributed by atoms with Crippen LogP contribution >= 0.6 is 0 Å². The summed E-state index contributed by atoms with van der Waals surface area (Å²) in [7, 11) is 0. The normalized spacial score (nSPS) is 14.6. The van der Waals surface area contributed by atoms with Crippen molar-refractivity contribution >= 4 is 34.5 Å². The number of unbranched alkanes of at least 4 members (excludes halogenated alkanes) is 1. The maximum Gasteiger partial charge on any atom is 0.327 e. The largest absolute Gasteiger partial charge is 0.481 e. The number of carboxylic acid groups (broad SMARTS) is 1. The minimum absolute atomic E-state index is 0.0947. The number of piperidine rings is 1. The lowest BCUT2D eigenvalue weighted by Gasteiger charge is -2.31. The fourth-order valence-corrected chi connectivity index (χ4v) is 4.50. The Morgan fingerprint density at radius 3 is 2.78 bits per heavy atom. The standard InChI is InChI=1S/C25H33N7O5/c1-2-3-11-37-24-29-22(26)21-23(30-24)32(25(36)28-21)14-16-7-9-31(10-8-16)15-19(33)27-18-6-4-5-17(12-18)13-20(34)35/h4-6,12,16H,2-3,7-11,13-15H2,1H3,(H,27,33)(H,28,36)(H,34,35)(H2,26,29,30). The molecule has 1 amide bonds. The van der Waals surface area contributed by atoms with Gasteiger partial charge >= 0.3 is 17.7 Å². The zero-order valence-corrected chi connectivity index (χ0v) is 20.9. The highest BCUT2D eigenvalue weighted by Crippen LogP contribution is 2.23. The van der Waals surface area contributed by atoms with Crippen LogP contribution in [0.4, 0.5) is 11.5 Å². The molecule has 0 aliphatic carbocycles. The van der Waals surface area contributed by atoms with Gasteiger partial charge in [0.25, 0.3) is 0 Å². The van der Waals surface area contributed by atoms with Gasteiger partial charge in [0.05, 0.1) is 19.6 Å². The molecule has 3 heterocycles. The summed E-state index contributed by atoms with van der Waals surface area (Å²) in [5, 5.41) is 11.8. The van der Waals surface area contributed by atoms with Crippen LogP contribution in [0.3, 0.4) is 0 Å². The average molecular weight is 512 g/mol. The molecule has 1 fully saturated rings. The fourth-order valence-electron chi connectivity index (χ4n) is 4.50. The third kappa shape index (κ3) is 6.85. The van der Waals surface area contributed by atoms with Gasteiger partial charge in [-0.15, -0.1) is 0 Å². The molecular weight excluding hydrogens is 478 g/mol. The molecule has 198 valence electrons. The quantitative estimate of drug-likeness (QED) is 0.281. The molecule has 0 unspecified atom stereocenters. The number of aliphatic carboxylic acids is 1. The molecule has 0 saturated carbocycles. The molecular formula is C25H33N7O5. The number of fused-ring (bicyclic) bond motifs is 1. The van der Waals surface area contributed by atoms with Gasteiger partial charge in [0.1, 0.15) is 5.52 Å². The van der Waals surface area contributed by atoms with Crippen molar-refractivity contribution in [3.8, 4) is 6.01 Å². The van der Waals surface area contributed by atoms with Crippen molar-refractivity contribution in [1.29, 1.82) is 0 Å². The third-order valence-electron chi connectivity index (χ3n) is 6.44. The molecule has 1 aromatic carbocycles. The molecule has 12 heteroatoms. The molecule has 1 saturated heterocycles. The van der Waals surface area contributed by atoms with E-state index in [-0.39, 0.29) is 42.3 Å². The predicted octanol–water partition coefficient (Wildman–Crippen LogP) is 1.86. The lowest BCUT2D eigenvalue weighted by atomic mass is 9.96. The first-order valence-electron chi connectivity index (χ1n) is 12.5. The number of H-pyrrole nitrogens is 1. The number of benzene rings is 1. The van der Waals surface area contributed by atoms with Gasteiger partial charge in [-0.1, -0.05) is 25.5 Å². The summed E-state index contributed by atoms with van der Waals surface area (Å²) in [5.74, 6) is -0.648. The number of anilines is 2. The number of nitrogens with two attached hydrogens (primary N) is 1. The van der Waals surface area contributed by atoms with Crippen molar-refractivity contribution in [3.63, 3.8) is 0 Å². The lowest BCUT2D eigenvalue weighted by Crippen LogP contribution is -2.40. The number of rotatable bonds is 11. The number of aromatic amines is 1. The van der Waals surface area contributed by atoms with Crippen molar-refractivity contribution in [3.05, 3.63) is 40.3 Å². The molecule has 37 heavy (non-hydrogen) atoms. The van der Waals surface area contributed by atoms with Crippen molar-refractivity contribution in [1.82, 2.24) is 24.4 Å². The Labute approximate surface area is 213 Å². The number of ether oxygens (including phenoxy) is 1. The van der Waals surface area contributed by atoms with Gasteiger partial charge in [0.2, 0.25) is 5.91 Å². The number of nitrogens with zero attached hydrogens (tertiary/aromatic N) is 4. The fraction of sp³-hybridized carbons (Fsp3) is 0.480. The number of hydrogen-bond donors (Lipinski definition) is 4. The summed E-state index contributed by atoms with van der Waals surface area (Å²) >= 11 is 0. The summed E-state index contributed by atoms with van der Waals surface area (Å²) in [6.07, 6.45) is 3.40. The highest BCUT2D eigenvalue weighted by Gasteiger charge is 2.24. The number of nitrogen functional groups attached to an aromatic ring is 1. The number of carbonyl (C=O) groups is 2. The van der Waals surface area contributed by atoms with Gasteiger partial charge < -0.3 is 25.9 Å². The van der Waals surface area contributed by atoms with E-state index in [0.717, 1.165) is 38.8 Å². The van der Waals surface area contributed by atoms with E-state index in [9.17, 15) is 14.4 Å². The molecule has 4 rings (SSSR count). The number of carbonyl (C=O) groups excluding carboxylic acids is 1. The molecule has 3 aromatic rings. The molecule has 1 aliphatic rings. The Balaban J connectivity index is 1.32. The highest BCUT2D eigenvalue weighted by atomic mass is 16.5. The second kappa shape index (κ2) is 11.9. The number of imidazole rings is 1. The van der Waals surface area contributed by atoms with Crippen molar-refractivity contribution in [2.45, 2.75) is 45.6 Å². The summed E-state index contributed by atoms with van der Waals surface area (Å²) in [6.45, 7) is 4.71. The van der Waals surface area contributed by atoms with Crippen molar-refractivity contribution in [2.24, 2.45) is 5.92 Å². The van der Waals surface area contributed by atoms with Crippen LogP contribution in [0.15, 0.2) is 29.1 Å². The maximum atomic E-state index is 12.6. The summed E-state index contributed by atoms with van der Waals surface area (Å²) in [5.41, 5.74) is 7.82. The van der Waals surface area contributed by atoms with E-state index in [1.807, 2.05) is 0 Å². The highest BCUT2D eigenvalue weighted by molar-refractivity contribution is 5.92. The number of hydrogen-bond acceptors (Lipinski definition) is 8. The van der Waals surface area contributed by atoms with E-state index in [2.05, 4.69) is 32.1 Å². The SMILES string of the molecule is CCCCOc1nc(N)c2[nH]c(=O)n(CC3CCN(CC(=O)Nc4cccc(CC(=O)O)c4)CC3)c2n1.